The average Bonchev–Trinajstić information content (AvgIpc) is 2.30. The molecule has 0 saturated heterocycles. The summed E-state index contributed by atoms with van der Waals surface area (Å²) in [5, 5.41) is 12.2. The Bertz CT molecular complexity index is 296. The van der Waals surface area contributed by atoms with Gasteiger partial charge in [0.05, 0.1) is 5.69 Å². The number of nitrogens with zero attached hydrogens (tertiary/aromatic N) is 2. The van der Waals surface area contributed by atoms with Gasteiger partial charge in [0.15, 0.2) is 0 Å². The number of rotatable bonds is 6. The van der Waals surface area contributed by atoms with Crippen molar-refractivity contribution in [3.8, 4) is 0 Å². The van der Waals surface area contributed by atoms with Crippen molar-refractivity contribution in [1.29, 1.82) is 0 Å². The minimum atomic E-state index is 0.687. The summed E-state index contributed by atoms with van der Waals surface area (Å²) in [5.74, 6) is 0. The largest absolute Gasteiger partial charge is 0.411 e. The molecule has 0 amide bonds. The van der Waals surface area contributed by atoms with E-state index in [1.807, 2.05) is 18.2 Å². The molecule has 1 rings (SSSR count). The molecule has 1 N–H and O–H groups in total. The summed E-state index contributed by atoms with van der Waals surface area (Å²) in [4.78, 5) is 4.16. The van der Waals surface area contributed by atoms with E-state index >= 15 is 0 Å². The van der Waals surface area contributed by atoms with Crippen molar-refractivity contribution in [3.05, 3.63) is 30.1 Å². The number of unbranched alkanes of at least 4 members (excludes halogenated alkanes) is 3. The van der Waals surface area contributed by atoms with Crippen LogP contribution in [-0.2, 0) is 0 Å². The fourth-order valence-electron chi connectivity index (χ4n) is 1.48. The second kappa shape index (κ2) is 6.98. The molecule has 82 valence electrons. The van der Waals surface area contributed by atoms with Gasteiger partial charge in [-0.05, 0) is 25.0 Å². The Morgan fingerprint density at radius 3 is 2.80 bits per heavy atom. The Labute approximate surface area is 90.8 Å². The van der Waals surface area contributed by atoms with E-state index in [0.29, 0.717) is 5.71 Å². The first-order chi connectivity index (χ1) is 7.38. The van der Waals surface area contributed by atoms with Crippen molar-refractivity contribution in [3.63, 3.8) is 0 Å². The lowest BCUT2D eigenvalue weighted by Gasteiger charge is -2.02. The molecule has 0 spiro atoms. The van der Waals surface area contributed by atoms with Crippen molar-refractivity contribution in [2.24, 2.45) is 5.16 Å². The summed E-state index contributed by atoms with van der Waals surface area (Å²) < 4.78 is 0. The van der Waals surface area contributed by atoms with Gasteiger partial charge in [-0.15, -0.1) is 0 Å². The average molecular weight is 206 g/mol. The summed E-state index contributed by atoms with van der Waals surface area (Å²) in [6.07, 6.45) is 7.21. The van der Waals surface area contributed by atoms with Gasteiger partial charge in [0.25, 0.3) is 0 Å². The molecule has 0 bridgehead atoms. The van der Waals surface area contributed by atoms with Gasteiger partial charge in [0, 0.05) is 6.20 Å². The van der Waals surface area contributed by atoms with Gasteiger partial charge >= 0.3 is 0 Å². The number of pyridine rings is 1. The van der Waals surface area contributed by atoms with Crippen LogP contribution in [0.3, 0.4) is 0 Å². The van der Waals surface area contributed by atoms with E-state index in [-0.39, 0.29) is 0 Å². The Hall–Kier alpha value is -1.38. The van der Waals surface area contributed by atoms with Crippen LogP contribution in [0.5, 0.6) is 0 Å². The minimum Gasteiger partial charge on any atom is -0.411 e. The maximum absolute atomic E-state index is 8.88. The quantitative estimate of drug-likeness (QED) is 0.336. The fraction of sp³-hybridized carbons (Fsp3) is 0.500. The van der Waals surface area contributed by atoms with Crippen LogP contribution in [0.15, 0.2) is 29.6 Å². The summed E-state index contributed by atoms with van der Waals surface area (Å²) >= 11 is 0. The molecule has 3 heteroatoms. The van der Waals surface area contributed by atoms with E-state index < -0.39 is 0 Å². The van der Waals surface area contributed by atoms with Crippen LogP contribution in [0.1, 0.15) is 44.7 Å². The standard InChI is InChI=1S/C12H18N2O/c1-2-3-4-5-9-12(14-15)11-8-6-7-10-13-11/h6-8,10,15H,2-5,9H2,1H3/b14-12-. The van der Waals surface area contributed by atoms with Gasteiger partial charge in [0.1, 0.15) is 5.71 Å². The molecule has 15 heavy (non-hydrogen) atoms. The smallest absolute Gasteiger partial charge is 0.105 e. The van der Waals surface area contributed by atoms with Gasteiger partial charge in [-0.3, -0.25) is 4.98 Å². The Morgan fingerprint density at radius 1 is 1.33 bits per heavy atom. The van der Waals surface area contributed by atoms with E-state index in [1.54, 1.807) is 6.20 Å². The predicted octanol–water partition coefficient (Wildman–Crippen LogP) is 3.23. The van der Waals surface area contributed by atoms with Crippen LogP contribution in [-0.4, -0.2) is 15.9 Å². The molecule has 0 fully saturated rings. The van der Waals surface area contributed by atoms with Crippen molar-refractivity contribution in [2.45, 2.75) is 39.0 Å². The fourth-order valence-corrected chi connectivity index (χ4v) is 1.48. The monoisotopic (exact) mass is 206 g/mol. The highest BCUT2D eigenvalue weighted by molar-refractivity contribution is 5.98. The lowest BCUT2D eigenvalue weighted by Crippen LogP contribution is -2.03. The second-order valence-electron chi connectivity index (χ2n) is 3.57. The molecule has 0 saturated carbocycles. The van der Waals surface area contributed by atoms with E-state index in [0.717, 1.165) is 18.5 Å². The highest BCUT2D eigenvalue weighted by Gasteiger charge is 2.04. The van der Waals surface area contributed by atoms with Crippen molar-refractivity contribution >= 4 is 5.71 Å². The zero-order valence-corrected chi connectivity index (χ0v) is 9.19. The normalized spacial score (nSPS) is 11.7. The van der Waals surface area contributed by atoms with Crippen LogP contribution < -0.4 is 0 Å². The maximum Gasteiger partial charge on any atom is 0.105 e. The van der Waals surface area contributed by atoms with E-state index in [4.69, 9.17) is 5.21 Å². The Morgan fingerprint density at radius 2 is 2.20 bits per heavy atom. The van der Waals surface area contributed by atoms with Gasteiger partial charge in [-0.1, -0.05) is 37.4 Å². The third-order valence-corrected chi connectivity index (χ3v) is 2.35. The van der Waals surface area contributed by atoms with Crippen LogP contribution in [0, 0.1) is 0 Å². The van der Waals surface area contributed by atoms with Gasteiger partial charge in [-0.2, -0.15) is 0 Å². The molecule has 1 heterocycles. The number of hydrogen-bond donors (Lipinski definition) is 1. The highest BCUT2D eigenvalue weighted by Crippen LogP contribution is 2.08. The lowest BCUT2D eigenvalue weighted by atomic mass is 10.1. The maximum atomic E-state index is 8.88. The molecular weight excluding hydrogens is 188 g/mol. The van der Waals surface area contributed by atoms with E-state index in [1.165, 1.54) is 19.3 Å². The Kier molecular flexibility index (Phi) is 5.44. The lowest BCUT2D eigenvalue weighted by molar-refractivity contribution is 0.317. The van der Waals surface area contributed by atoms with E-state index in [9.17, 15) is 0 Å². The molecule has 0 unspecified atom stereocenters. The second-order valence-corrected chi connectivity index (χ2v) is 3.57. The first-order valence-corrected chi connectivity index (χ1v) is 5.50. The molecule has 0 atom stereocenters. The predicted molar refractivity (Wildman–Crippen MR) is 61.3 cm³/mol. The van der Waals surface area contributed by atoms with Crippen LogP contribution >= 0.6 is 0 Å². The molecular formula is C12H18N2O. The van der Waals surface area contributed by atoms with E-state index in [2.05, 4.69) is 17.1 Å². The zero-order valence-electron chi connectivity index (χ0n) is 9.19. The molecule has 0 aliphatic heterocycles. The van der Waals surface area contributed by atoms with Crippen molar-refractivity contribution in [1.82, 2.24) is 4.98 Å². The van der Waals surface area contributed by atoms with Gasteiger partial charge in [0.2, 0.25) is 0 Å². The van der Waals surface area contributed by atoms with Crippen molar-refractivity contribution in [2.75, 3.05) is 0 Å². The zero-order chi connectivity index (χ0) is 10.9. The number of aromatic nitrogens is 1. The molecule has 0 aliphatic carbocycles. The third-order valence-electron chi connectivity index (χ3n) is 2.35. The SMILES string of the molecule is CCCCCC/C(=N/O)c1ccccn1. The van der Waals surface area contributed by atoms with Gasteiger partial charge < -0.3 is 5.21 Å². The highest BCUT2D eigenvalue weighted by atomic mass is 16.4. The van der Waals surface area contributed by atoms with Crippen LogP contribution in [0.2, 0.25) is 0 Å². The first-order valence-electron chi connectivity index (χ1n) is 5.50. The summed E-state index contributed by atoms with van der Waals surface area (Å²) in [6, 6.07) is 5.63. The Balaban J connectivity index is 2.44. The molecule has 0 aromatic carbocycles. The number of oxime groups is 1. The molecule has 0 radical (unpaired) electrons. The number of hydrogen-bond acceptors (Lipinski definition) is 3. The topological polar surface area (TPSA) is 45.5 Å². The molecule has 3 nitrogen and oxygen atoms in total. The molecule has 0 aliphatic rings. The molecule has 1 aromatic rings. The van der Waals surface area contributed by atoms with Gasteiger partial charge in [-0.25, -0.2) is 0 Å². The third kappa shape index (κ3) is 4.11. The van der Waals surface area contributed by atoms with Crippen molar-refractivity contribution < 1.29 is 5.21 Å². The van der Waals surface area contributed by atoms with Crippen LogP contribution in [0.25, 0.3) is 0 Å². The summed E-state index contributed by atoms with van der Waals surface area (Å²) in [7, 11) is 0. The minimum absolute atomic E-state index is 0.687. The first kappa shape index (κ1) is 11.7. The summed E-state index contributed by atoms with van der Waals surface area (Å²) in [6.45, 7) is 2.18. The summed E-state index contributed by atoms with van der Waals surface area (Å²) in [5.41, 5.74) is 1.46. The molecule has 1 aromatic heterocycles. The van der Waals surface area contributed by atoms with Crippen LogP contribution in [0.4, 0.5) is 0 Å².